The summed E-state index contributed by atoms with van der Waals surface area (Å²) in [6.45, 7) is 5.57. The third kappa shape index (κ3) is 6.54. The Kier molecular flexibility index (Phi) is 6.91. The molecule has 31 heavy (non-hydrogen) atoms. The Morgan fingerprint density at radius 2 is 1.84 bits per heavy atom. The molecule has 1 aliphatic carbocycles. The van der Waals surface area contributed by atoms with Crippen molar-refractivity contribution in [3.8, 4) is 6.07 Å². The Hall–Kier alpha value is -3.40. The summed E-state index contributed by atoms with van der Waals surface area (Å²) in [5, 5.41) is 19.3. The number of anilines is 4. The van der Waals surface area contributed by atoms with Crippen molar-refractivity contribution < 1.29 is 9.53 Å². The van der Waals surface area contributed by atoms with E-state index < -0.39 is 11.7 Å². The fraction of sp³-hybridized carbons (Fsp3) is 0.417. The van der Waals surface area contributed by atoms with Gasteiger partial charge in [0.1, 0.15) is 11.7 Å². The second kappa shape index (κ2) is 9.61. The summed E-state index contributed by atoms with van der Waals surface area (Å²) in [7, 11) is 0. The predicted octanol–water partition coefficient (Wildman–Crippen LogP) is 5.13. The van der Waals surface area contributed by atoms with E-state index in [9.17, 15) is 10.1 Å². The number of nitrogen functional groups attached to an aromatic ring is 1. The molecule has 0 radical (unpaired) electrons. The second-order valence-electron chi connectivity index (χ2n) is 8.91. The fourth-order valence-electron chi connectivity index (χ4n) is 3.76. The van der Waals surface area contributed by atoms with E-state index in [1.807, 2.05) is 57.2 Å². The monoisotopic (exact) mass is 421 g/mol. The number of hydrogen-bond donors (Lipinski definition) is 4. The van der Waals surface area contributed by atoms with E-state index >= 15 is 0 Å². The van der Waals surface area contributed by atoms with E-state index in [2.05, 4.69) is 22.0 Å². The van der Waals surface area contributed by atoms with Crippen LogP contribution in [0.4, 0.5) is 27.5 Å². The Morgan fingerprint density at radius 1 is 1.10 bits per heavy atom. The number of hydrogen-bond acceptors (Lipinski definition) is 6. The molecule has 1 aliphatic rings. The molecule has 7 nitrogen and oxygen atoms in total. The number of benzene rings is 2. The number of carbonyl (C=O) groups is 1. The number of ether oxygens (including phenoxy) is 1. The molecule has 0 bridgehead atoms. The molecule has 2 aromatic rings. The van der Waals surface area contributed by atoms with Gasteiger partial charge in [-0.25, -0.2) is 4.79 Å². The molecular formula is C24H31N5O2. The maximum Gasteiger partial charge on any atom is 0.407 e. The van der Waals surface area contributed by atoms with Crippen LogP contribution in [0.25, 0.3) is 0 Å². The van der Waals surface area contributed by atoms with Gasteiger partial charge in [-0.15, -0.1) is 0 Å². The molecule has 0 saturated heterocycles. The van der Waals surface area contributed by atoms with Crippen molar-refractivity contribution in [2.45, 2.75) is 64.1 Å². The zero-order valence-electron chi connectivity index (χ0n) is 18.4. The third-order valence-corrected chi connectivity index (χ3v) is 5.13. The average Bonchev–Trinajstić information content (AvgIpc) is 2.68. The van der Waals surface area contributed by atoms with Gasteiger partial charge in [0.2, 0.25) is 0 Å². The molecule has 0 heterocycles. The van der Waals surface area contributed by atoms with Crippen LogP contribution in [0, 0.1) is 11.3 Å². The molecule has 0 aromatic heterocycles. The van der Waals surface area contributed by atoms with Crippen molar-refractivity contribution in [3.05, 3.63) is 48.0 Å². The molecule has 2 aromatic carbocycles. The van der Waals surface area contributed by atoms with Crippen LogP contribution in [0.2, 0.25) is 0 Å². The molecule has 2 atom stereocenters. The van der Waals surface area contributed by atoms with Crippen molar-refractivity contribution in [1.29, 1.82) is 5.26 Å². The zero-order chi connectivity index (χ0) is 22.4. The highest BCUT2D eigenvalue weighted by Gasteiger charge is 2.28. The molecule has 1 amide bonds. The normalized spacial score (nSPS) is 18.5. The van der Waals surface area contributed by atoms with Gasteiger partial charge in [0, 0.05) is 23.1 Å². The van der Waals surface area contributed by atoms with E-state index in [4.69, 9.17) is 10.5 Å². The molecule has 0 aliphatic heterocycles. The van der Waals surface area contributed by atoms with Crippen molar-refractivity contribution in [2.75, 3.05) is 16.4 Å². The summed E-state index contributed by atoms with van der Waals surface area (Å²) in [6.07, 6.45) is 3.60. The summed E-state index contributed by atoms with van der Waals surface area (Å²) >= 11 is 0. The lowest BCUT2D eigenvalue weighted by molar-refractivity contribution is 0.0488. The molecular weight excluding hydrogens is 390 g/mol. The largest absolute Gasteiger partial charge is 0.444 e. The van der Waals surface area contributed by atoms with Crippen LogP contribution in [0.3, 0.4) is 0 Å². The maximum absolute atomic E-state index is 12.3. The first-order valence-electron chi connectivity index (χ1n) is 10.7. The number of alkyl carbamates (subject to hydrolysis) is 1. The van der Waals surface area contributed by atoms with Crippen LogP contribution in [-0.2, 0) is 4.74 Å². The van der Waals surface area contributed by atoms with Crippen LogP contribution in [0.5, 0.6) is 0 Å². The summed E-state index contributed by atoms with van der Waals surface area (Å²) in [4.78, 5) is 12.3. The third-order valence-electron chi connectivity index (χ3n) is 5.13. The SMILES string of the molecule is CC(C)(C)OC(=O)NC1CCCCC1Nc1ccc(C#N)c(Nc2cccc(N)c2)c1. The Morgan fingerprint density at radius 3 is 2.52 bits per heavy atom. The molecule has 1 saturated carbocycles. The van der Waals surface area contributed by atoms with Gasteiger partial charge in [-0.2, -0.15) is 5.26 Å². The highest BCUT2D eigenvalue weighted by Crippen LogP contribution is 2.28. The highest BCUT2D eigenvalue weighted by molar-refractivity contribution is 5.72. The smallest absolute Gasteiger partial charge is 0.407 e. The second-order valence-corrected chi connectivity index (χ2v) is 8.91. The van der Waals surface area contributed by atoms with Crippen LogP contribution in [-0.4, -0.2) is 23.8 Å². The lowest BCUT2D eigenvalue weighted by Crippen LogP contribution is -2.49. The average molecular weight is 422 g/mol. The van der Waals surface area contributed by atoms with Gasteiger partial charge in [-0.3, -0.25) is 0 Å². The summed E-state index contributed by atoms with van der Waals surface area (Å²) in [5.41, 5.74) is 8.92. The number of carbonyl (C=O) groups excluding carboxylic acids is 1. The standard InChI is InChI=1S/C24H31N5O2/c1-24(2,3)31-23(30)29-21-10-5-4-9-20(21)27-19-12-11-16(15-25)22(14-19)28-18-8-6-7-17(26)13-18/h6-8,11-14,20-21,27-28H,4-5,9-10,26H2,1-3H3,(H,29,30). The Bertz CT molecular complexity index is 961. The van der Waals surface area contributed by atoms with Crippen molar-refractivity contribution in [2.24, 2.45) is 0 Å². The first kappa shape index (κ1) is 22.3. The summed E-state index contributed by atoms with van der Waals surface area (Å²) in [6, 6.07) is 15.3. The molecule has 5 N–H and O–H groups in total. The minimum absolute atomic E-state index is 0.0235. The van der Waals surface area contributed by atoms with Crippen LogP contribution in [0.15, 0.2) is 42.5 Å². The van der Waals surface area contributed by atoms with Crippen LogP contribution >= 0.6 is 0 Å². The zero-order valence-corrected chi connectivity index (χ0v) is 18.4. The molecule has 2 unspecified atom stereocenters. The maximum atomic E-state index is 12.3. The van der Waals surface area contributed by atoms with Gasteiger partial charge >= 0.3 is 6.09 Å². The van der Waals surface area contributed by atoms with Crippen molar-refractivity contribution in [1.82, 2.24) is 5.32 Å². The first-order valence-corrected chi connectivity index (χ1v) is 10.7. The minimum Gasteiger partial charge on any atom is -0.444 e. The number of amides is 1. The topological polar surface area (TPSA) is 112 Å². The van der Waals surface area contributed by atoms with Gasteiger partial charge in [-0.1, -0.05) is 18.9 Å². The first-order chi connectivity index (χ1) is 14.7. The van der Waals surface area contributed by atoms with Gasteiger partial charge < -0.3 is 26.4 Å². The van der Waals surface area contributed by atoms with E-state index in [-0.39, 0.29) is 12.1 Å². The fourth-order valence-corrected chi connectivity index (χ4v) is 3.76. The minimum atomic E-state index is -0.532. The van der Waals surface area contributed by atoms with Gasteiger partial charge in [0.05, 0.1) is 17.3 Å². The Balaban J connectivity index is 1.74. The quantitative estimate of drug-likeness (QED) is 0.498. The summed E-state index contributed by atoms with van der Waals surface area (Å²) < 4.78 is 5.43. The highest BCUT2D eigenvalue weighted by atomic mass is 16.6. The van der Waals surface area contributed by atoms with Crippen LogP contribution < -0.4 is 21.7 Å². The van der Waals surface area contributed by atoms with E-state index in [1.165, 1.54) is 0 Å². The molecule has 164 valence electrons. The van der Waals surface area contributed by atoms with Gasteiger partial charge in [0.25, 0.3) is 0 Å². The number of rotatable bonds is 5. The van der Waals surface area contributed by atoms with E-state index in [0.717, 1.165) is 37.1 Å². The molecule has 3 rings (SSSR count). The van der Waals surface area contributed by atoms with E-state index in [0.29, 0.717) is 16.9 Å². The Labute approximate surface area is 184 Å². The van der Waals surface area contributed by atoms with Gasteiger partial charge in [-0.05, 0) is 70.0 Å². The van der Waals surface area contributed by atoms with E-state index in [1.54, 1.807) is 6.07 Å². The number of nitriles is 1. The van der Waals surface area contributed by atoms with Crippen molar-refractivity contribution >= 4 is 28.8 Å². The lowest BCUT2D eigenvalue weighted by atomic mass is 9.90. The molecule has 1 fully saturated rings. The lowest BCUT2D eigenvalue weighted by Gasteiger charge is -2.34. The summed E-state index contributed by atoms with van der Waals surface area (Å²) in [5.74, 6) is 0. The molecule has 7 heteroatoms. The number of nitrogens with two attached hydrogens (primary N) is 1. The molecule has 0 spiro atoms. The van der Waals surface area contributed by atoms with Crippen molar-refractivity contribution in [3.63, 3.8) is 0 Å². The predicted molar refractivity (Wildman–Crippen MR) is 124 cm³/mol. The number of nitrogens with one attached hydrogen (secondary N) is 3. The number of nitrogens with zero attached hydrogens (tertiary/aromatic N) is 1. The van der Waals surface area contributed by atoms with Gasteiger partial charge in [0.15, 0.2) is 0 Å². The van der Waals surface area contributed by atoms with Crippen LogP contribution in [0.1, 0.15) is 52.0 Å².